The molecule has 1 amide bonds. The van der Waals surface area contributed by atoms with Crippen LogP contribution < -0.4 is 5.32 Å². The highest BCUT2D eigenvalue weighted by atomic mass is 16.6. The van der Waals surface area contributed by atoms with Crippen molar-refractivity contribution in [3.05, 3.63) is 39.9 Å². The molecule has 0 saturated heterocycles. The average molecular weight is 266 g/mol. The molecule has 0 fully saturated rings. The molecule has 0 atom stereocenters. The summed E-state index contributed by atoms with van der Waals surface area (Å²) >= 11 is 0. The summed E-state index contributed by atoms with van der Waals surface area (Å²) in [5, 5.41) is 13.4. The molecule has 0 spiro atoms. The minimum absolute atomic E-state index is 0.0634. The number of nitro benzene ring substituents is 1. The quantitative estimate of drug-likeness (QED) is 0.671. The number of benzene rings is 1. The second-order valence-corrected chi connectivity index (χ2v) is 5.06. The predicted molar refractivity (Wildman–Crippen MR) is 71.0 cm³/mol. The summed E-state index contributed by atoms with van der Waals surface area (Å²) in [7, 11) is 0. The van der Waals surface area contributed by atoms with Crippen molar-refractivity contribution < 1.29 is 14.5 Å². The molecule has 6 heteroatoms. The van der Waals surface area contributed by atoms with Crippen LogP contribution in [0.15, 0.2) is 24.3 Å². The van der Waals surface area contributed by atoms with Gasteiger partial charge < -0.3 is 10.1 Å². The molecule has 6 nitrogen and oxygen atoms in total. The maximum absolute atomic E-state index is 11.4. The summed E-state index contributed by atoms with van der Waals surface area (Å²) in [6, 6.07) is 6.47. The smallest absolute Gasteiger partial charge is 0.407 e. The zero-order chi connectivity index (χ0) is 14.5. The SMILES string of the molecule is CC(C)(C)OC(=O)NCCc1ccccc1[N+](=O)[O-]. The molecular formula is C13H18N2O4. The van der Waals surface area contributed by atoms with Crippen LogP contribution >= 0.6 is 0 Å². The van der Waals surface area contributed by atoms with E-state index in [0.717, 1.165) is 0 Å². The number of carbonyl (C=O) groups is 1. The van der Waals surface area contributed by atoms with E-state index in [1.54, 1.807) is 39.0 Å². The van der Waals surface area contributed by atoms with Gasteiger partial charge in [0, 0.05) is 18.2 Å². The van der Waals surface area contributed by atoms with Gasteiger partial charge in [0.1, 0.15) is 5.60 Å². The number of ether oxygens (including phenoxy) is 1. The largest absolute Gasteiger partial charge is 0.444 e. The third kappa shape index (κ3) is 5.37. The fourth-order valence-electron chi connectivity index (χ4n) is 1.51. The van der Waals surface area contributed by atoms with Crippen LogP contribution in [-0.2, 0) is 11.2 Å². The molecule has 1 rings (SSSR count). The third-order valence-corrected chi connectivity index (χ3v) is 2.25. The summed E-state index contributed by atoms with van der Waals surface area (Å²) in [6.07, 6.45) is -0.137. The zero-order valence-electron chi connectivity index (χ0n) is 11.3. The fourth-order valence-corrected chi connectivity index (χ4v) is 1.51. The summed E-state index contributed by atoms with van der Waals surface area (Å²) in [5.74, 6) is 0. The van der Waals surface area contributed by atoms with Gasteiger partial charge in [0.15, 0.2) is 0 Å². The van der Waals surface area contributed by atoms with E-state index in [1.807, 2.05) is 0 Å². The molecule has 0 heterocycles. The Balaban J connectivity index is 2.50. The molecule has 0 saturated carbocycles. The van der Waals surface area contributed by atoms with Crippen LogP contribution in [0.2, 0.25) is 0 Å². The molecule has 104 valence electrons. The molecule has 0 bridgehead atoms. The molecule has 0 aliphatic rings. The molecule has 0 radical (unpaired) electrons. The average Bonchev–Trinajstić information content (AvgIpc) is 2.27. The number of hydrogen-bond donors (Lipinski definition) is 1. The Morgan fingerprint density at radius 2 is 2.00 bits per heavy atom. The van der Waals surface area contributed by atoms with E-state index in [0.29, 0.717) is 18.5 Å². The van der Waals surface area contributed by atoms with Crippen molar-refractivity contribution in [2.24, 2.45) is 0 Å². The molecule has 0 aliphatic heterocycles. The summed E-state index contributed by atoms with van der Waals surface area (Å²) in [6.45, 7) is 5.61. The third-order valence-electron chi connectivity index (χ3n) is 2.25. The fraction of sp³-hybridized carbons (Fsp3) is 0.462. The topological polar surface area (TPSA) is 81.5 Å². The van der Waals surface area contributed by atoms with Gasteiger partial charge in [-0.3, -0.25) is 10.1 Å². The lowest BCUT2D eigenvalue weighted by atomic mass is 10.1. The predicted octanol–water partition coefficient (Wildman–Crippen LogP) is 2.66. The maximum Gasteiger partial charge on any atom is 0.407 e. The van der Waals surface area contributed by atoms with Gasteiger partial charge in [-0.25, -0.2) is 4.79 Å². The Morgan fingerprint density at radius 3 is 2.58 bits per heavy atom. The van der Waals surface area contributed by atoms with Crippen LogP contribution in [0, 0.1) is 10.1 Å². The first-order chi connectivity index (χ1) is 8.79. The van der Waals surface area contributed by atoms with Gasteiger partial charge in [0.25, 0.3) is 5.69 Å². The van der Waals surface area contributed by atoms with E-state index in [9.17, 15) is 14.9 Å². The van der Waals surface area contributed by atoms with Crippen molar-refractivity contribution in [3.63, 3.8) is 0 Å². The Bertz CT molecular complexity index is 466. The van der Waals surface area contributed by atoms with Crippen LogP contribution in [0.4, 0.5) is 10.5 Å². The standard InChI is InChI=1S/C13H18N2O4/c1-13(2,3)19-12(16)14-9-8-10-6-4-5-7-11(10)15(17)18/h4-7H,8-9H2,1-3H3,(H,14,16). The Hall–Kier alpha value is -2.11. The number of rotatable bonds is 4. The number of nitro groups is 1. The highest BCUT2D eigenvalue weighted by molar-refractivity contribution is 5.67. The maximum atomic E-state index is 11.4. The minimum atomic E-state index is -0.553. The molecule has 1 N–H and O–H groups in total. The lowest BCUT2D eigenvalue weighted by Crippen LogP contribution is -2.33. The van der Waals surface area contributed by atoms with Gasteiger partial charge in [-0.15, -0.1) is 0 Å². The molecule has 1 aromatic carbocycles. The normalized spacial score (nSPS) is 10.9. The van der Waals surface area contributed by atoms with Crippen molar-refractivity contribution in [1.29, 1.82) is 0 Å². The van der Waals surface area contributed by atoms with Crippen LogP contribution in [0.5, 0.6) is 0 Å². The lowest BCUT2D eigenvalue weighted by Gasteiger charge is -2.19. The number of amides is 1. The van der Waals surface area contributed by atoms with Crippen LogP contribution in [-0.4, -0.2) is 23.2 Å². The second-order valence-electron chi connectivity index (χ2n) is 5.06. The lowest BCUT2D eigenvalue weighted by molar-refractivity contribution is -0.385. The van der Waals surface area contributed by atoms with Gasteiger partial charge in [0.05, 0.1) is 4.92 Å². The highest BCUT2D eigenvalue weighted by Crippen LogP contribution is 2.17. The number of hydrogen-bond acceptors (Lipinski definition) is 4. The van der Waals surface area contributed by atoms with E-state index < -0.39 is 16.6 Å². The summed E-state index contributed by atoms with van der Waals surface area (Å²) in [5.41, 5.74) is 0.0973. The Labute approximate surface area is 111 Å². The Morgan fingerprint density at radius 1 is 1.37 bits per heavy atom. The molecule has 0 aliphatic carbocycles. The number of carbonyl (C=O) groups excluding carboxylic acids is 1. The first-order valence-corrected chi connectivity index (χ1v) is 5.99. The van der Waals surface area contributed by atoms with Crippen LogP contribution in [0.25, 0.3) is 0 Å². The van der Waals surface area contributed by atoms with Gasteiger partial charge in [0.2, 0.25) is 0 Å². The van der Waals surface area contributed by atoms with Gasteiger partial charge >= 0.3 is 6.09 Å². The van der Waals surface area contributed by atoms with E-state index in [-0.39, 0.29) is 5.69 Å². The highest BCUT2D eigenvalue weighted by Gasteiger charge is 2.16. The van der Waals surface area contributed by atoms with Crippen molar-refractivity contribution >= 4 is 11.8 Å². The van der Waals surface area contributed by atoms with Gasteiger partial charge in [-0.1, -0.05) is 18.2 Å². The number of para-hydroxylation sites is 1. The minimum Gasteiger partial charge on any atom is -0.444 e. The van der Waals surface area contributed by atoms with E-state index in [2.05, 4.69) is 5.32 Å². The zero-order valence-corrected chi connectivity index (χ0v) is 11.3. The van der Waals surface area contributed by atoms with E-state index in [1.165, 1.54) is 6.07 Å². The molecular weight excluding hydrogens is 248 g/mol. The number of nitrogens with one attached hydrogen (secondary N) is 1. The van der Waals surface area contributed by atoms with Gasteiger partial charge in [-0.2, -0.15) is 0 Å². The van der Waals surface area contributed by atoms with Crippen molar-refractivity contribution in [2.75, 3.05) is 6.54 Å². The monoisotopic (exact) mass is 266 g/mol. The van der Waals surface area contributed by atoms with Crippen molar-refractivity contribution in [1.82, 2.24) is 5.32 Å². The first-order valence-electron chi connectivity index (χ1n) is 5.99. The summed E-state index contributed by atoms with van der Waals surface area (Å²) in [4.78, 5) is 21.8. The molecule has 19 heavy (non-hydrogen) atoms. The Kier molecular flexibility index (Phi) is 4.86. The summed E-state index contributed by atoms with van der Waals surface area (Å²) < 4.78 is 5.07. The molecule has 1 aromatic rings. The number of alkyl carbamates (subject to hydrolysis) is 1. The van der Waals surface area contributed by atoms with Gasteiger partial charge in [-0.05, 0) is 27.2 Å². The first kappa shape index (κ1) is 14.9. The van der Waals surface area contributed by atoms with Crippen molar-refractivity contribution in [3.8, 4) is 0 Å². The second kappa shape index (κ2) is 6.17. The van der Waals surface area contributed by atoms with E-state index in [4.69, 9.17) is 4.74 Å². The van der Waals surface area contributed by atoms with Crippen molar-refractivity contribution in [2.45, 2.75) is 32.8 Å². The van der Waals surface area contributed by atoms with Crippen LogP contribution in [0.3, 0.4) is 0 Å². The van der Waals surface area contributed by atoms with E-state index >= 15 is 0 Å². The molecule has 0 aromatic heterocycles. The van der Waals surface area contributed by atoms with Crippen LogP contribution in [0.1, 0.15) is 26.3 Å². The number of nitrogens with zero attached hydrogens (tertiary/aromatic N) is 1. The molecule has 0 unspecified atom stereocenters.